The molecule has 0 radical (unpaired) electrons. The lowest BCUT2D eigenvalue weighted by molar-refractivity contribution is 0.122. The van der Waals surface area contributed by atoms with Crippen molar-refractivity contribution in [2.24, 2.45) is 0 Å². The fraction of sp³-hybridized carbons (Fsp3) is 0.250. The molecule has 1 N–H and O–H groups in total. The standard InChI is InChI=1S/C16H17NO4S/c18-22(19,20)16-7-3-14(4-8-16)13-1-5-15(6-2-13)17-9-11-21-12-10-17/h1-8H,9-12H2,(H,18,19,20). The van der Waals surface area contributed by atoms with Crippen molar-refractivity contribution in [2.75, 3.05) is 31.2 Å². The summed E-state index contributed by atoms with van der Waals surface area (Å²) < 4.78 is 36.4. The summed E-state index contributed by atoms with van der Waals surface area (Å²) >= 11 is 0. The molecule has 3 rings (SSSR count). The molecule has 1 heterocycles. The molecule has 5 nitrogen and oxygen atoms in total. The molecule has 0 unspecified atom stereocenters. The molecular weight excluding hydrogens is 302 g/mol. The molecule has 2 aromatic rings. The van der Waals surface area contributed by atoms with Crippen LogP contribution in [0.25, 0.3) is 11.1 Å². The van der Waals surface area contributed by atoms with Gasteiger partial charge in [-0.15, -0.1) is 0 Å². The van der Waals surface area contributed by atoms with Gasteiger partial charge in [0.05, 0.1) is 18.1 Å². The van der Waals surface area contributed by atoms with Gasteiger partial charge in [-0.3, -0.25) is 4.55 Å². The van der Waals surface area contributed by atoms with E-state index in [0.717, 1.165) is 43.1 Å². The van der Waals surface area contributed by atoms with Crippen LogP contribution in [0.15, 0.2) is 53.4 Å². The number of rotatable bonds is 3. The van der Waals surface area contributed by atoms with E-state index in [1.54, 1.807) is 12.1 Å². The number of anilines is 1. The third-order valence-electron chi connectivity index (χ3n) is 3.73. The Morgan fingerprint density at radius 3 is 1.86 bits per heavy atom. The molecule has 0 aromatic heterocycles. The van der Waals surface area contributed by atoms with Crippen molar-refractivity contribution in [1.29, 1.82) is 0 Å². The molecule has 0 amide bonds. The number of hydrogen-bond donors (Lipinski definition) is 1. The highest BCUT2D eigenvalue weighted by Crippen LogP contribution is 2.24. The molecule has 1 fully saturated rings. The Kier molecular flexibility index (Phi) is 4.15. The van der Waals surface area contributed by atoms with Crippen molar-refractivity contribution in [3.8, 4) is 11.1 Å². The average Bonchev–Trinajstić information content (AvgIpc) is 2.55. The summed E-state index contributed by atoms with van der Waals surface area (Å²) in [5.74, 6) is 0. The topological polar surface area (TPSA) is 66.8 Å². The third kappa shape index (κ3) is 3.30. The van der Waals surface area contributed by atoms with Crippen molar-refractivity contribution < 1.29 is 17.7 Å². The quantitative estimate of drug-likeness (QED) is 0.880. The van der Waals surface area contributed by atoms with Crippen LogP contribution in [0.4, 0.5) is 5.69 Å². The van der Waals surface area contributed by atoms with Crippen LogP contribution in [-0.2, 0) is 14.9 Å². The second-order valence-electron chi connectivity index (χ2n) is 5.15. The molecule has 0 atom stereocenters. The van der Waals surface area contributed by atoms with Gasteiger partial charge in [0, 0.05) is 18.8 Å². The Hall–Kier alpha value is -1.89. The first kappa shape index (κ1) is 15.0. The Labute approximate surface area is 129 Å². The van der Waals surface area contributed by atoms with Crippen LogP contribution in [0.5, 0.6) is 0 Å². The number of morpholine rings is 1. The molecule has 0 spiro atoms. The summed E-state index contributed by atoms with van der Waals surface area (Å²) in [5.41, 5.74) is 3.06. The van der Waals surface area contributed by atoms with Gasteiger partial charge in [0.2, 0.25) is 0 Å². The van der Waals surface area contributed by atoms with Crippen LogP contribution in [0.1, 0.15) is 0 Å². The van der Waals surface area contributed by atoms with E-state index in [-0.39, 0.29) is 4.90 Å². The SMILES string of the molecule is O=S(=O)(O)c1ccc(-c2ccc(N3CCOCC3)cc2)cc1. The van der Waals surface area contributed by atoms with Gasteiger partial charge in [0.1, 0.15) is 0 Å². The monoisotopic (exact) mass is 319 g/mol. The largest absolute Gasteiger partial charge is 0.378 e. The average molecular weight is 319 g/mol. The third-order valence-corrected chi connectivity index (χ3v) is 4.60. The Morgan fingerprint density at radius 2 is 1.36 bits per heavy atom. The lowest BCUT2D eigenvalue weighted by Gasteiger charge is -2.28. The number of ether oxygens (including phenoxy) is 1. The van der Waals surface area contributed by atoms with E-state index in [2.05, 4.69) is 17.0 Å². The van der Waals surface area contributed by atoms with Crippen molar-refractivity contribution in [2.45, 2.75) is 4.90 Å². The van der Waals surface area contributed by atoms with Crippen LogP contribution >= 0.6 is 0 Å². The highest BCUT2D eigenvalue weighted by molar-refractivity contribution is 7.85. The van der Waals surface area contributed by atoms with Gasteiger partial charge < -0.3 is 9.64 Å². The van der Waals surface area contributed by atoms with Crippen LogP contribution in [0, 0.1) is 0 Å². The molecule has 2 aromatic carbocycles. The van der Waals surface area contributed by atoms with E-state index >= 15 is 0 Å². The first-order chi connectivity index (χ1) is 10.5. The van der Waals surface area contributed by atoms with Gasteiger partial charge >= 0.3 is 0 Å². The van der Waals surface area contributed by atoms with Gasteiger partial charge in [-0.2, -0.15) is 8.42 Å². The first-order valence-corrected chi connectivity index (χ1v) is 8.49. The molecule has 116 valence electrons. The van der Waals surface area contributed by atoms with Crippen LogP contribution in [0.3, 0.4) is 0 Å². The van der Waals surface area contributed by atoms with E-state index in [1.807, 2.05) is 12.1 Å². The highest BCUT2D eigenvalue weighted by atomic mass is 32.2. The molecular formula is C16H17NO4S. The van der Waals surface area contributed by atoms with Crippen molar-refractivity contribution in [3.63, 3.8) is 0 Å². The smallest absolute Gasteiger partial charge is 0.294 e. The van der Waals surface area contributed by atoms with Gasteiger partial charge in [0.15, 0.2) is 0 Å². The van der Waals surface area contributed by atoms with Crippen molar-refractivity contribution in [3.05, 3.63) is 48.5 Å². The fourth-order valence-corrected chi connectivity index (χ4v) is 2.99. The summed E-state index contributed by atoms with van der Waals surface area (Å²) in [6.45, 7) is 3.28. The molecule has 0 saturated carbocycles. The number of nitrogens with zero attached hydrogens (tertiary/aromatic N) is 1. The fourth-order valence-electron chi connectivity index (χ4n) is 2.51. The lowest BCUT2D eigenvalue weighted by atomic mass is 10.1. The summed E-state index contributed by atoms with van der Waals surface area (Å²) in [6.07, 6.45) is 0. The highest BCUT2D eigenvalue weighted by Gasteiger charge is 2.12. The Bertz CT molecular complexity index is 733. The van der Waals surface area contributed by atoms with E-state index in [1.165, 1.54) is 12.1 Å². The molecule has 0 bridgehead atoms. The molecule has 1 saturated heterocycles. The first-order valence-electron chi connectivity index (χ1n) is 7.05. The minimum atomic E-state index is -4.14. The maximum Gasteiger partial charge on any atom is 0.294 e. The zero-order chi connectivity index (χ0) is 15.6. The lowest BCUT2D eigenvalue weighted by Crippen LogP contribution is -2.36. The minimum Gasteiger partial charge on any atom is -0.378 e. The van der Waals surface area contributed by atoms with Crippen LogP contribution in [0.2, 0.25) is 0 Å². The van der Waals surface area contributed by atoms with E-state index in [4.69, 9.17) is 9.29 Å². The summed E-state index contributed by atoms with van der Waals surface area (Å²) in [5, 5.41) is 0. The molecule has 0 aliphatic carbocycles. The molecule has 22 heavy (non-hydrogen) atoms. The normalized spacial score (nSPS) is 15.8. The zero-order valence-corrected chi connectivity index (χ0v) is 12.8. The van der Waals surface area contributed by atoms with Gasteiger partial charge in [-0.1, -0.05) is 24.3 Å². The van der Waals surface area contributed by atoms with E-state index in [0.29, 0.717) is 0 Å². The minimum absolute atomic E-state index is 0.0961. The van der Waals surface area contributed by atoms with Crippen molar-refractivity contribution in [1.82, 2.24) is 0 Å². The van der Waals surface area contributed by atoms with Gasteiger partial charge in [-0.05, 0) is 35.4 Å². The molecule has 6 heteroatoms. The Morgan fingerprint density at radius 1 is 0.864 bits per heavy atom. The predicted molar refractivity (Wildman–Crippen MR) is 84.7 cm³/mol. The predicted octanol–water partition coefficient (Wildman–Crippen LogP) is 2.44. The molecule has 1 aliphatic heterocycles. The van der Waals surface area contributed by atoms with E-state index in [9.17, 15) is 8.42 Å². The van der Waals surface area contributed by atoms with E-state index < -0.39 is 10.1 Å². The molecule has 1 aliphatic rings. The number of hydrogen-bond acceptors (Lipinski definition) is 4. The summed E-state index contributed by atoms with van der Waals surface area (Å²) in [6, 6.07) is 14.3. The summed E-state index contributed by atoms with van der Waals surface area (Å²) in [7, 11) is -4.14. The van der Waals surface area contributed by atoms with Crippen LogP contribution in [-0.4, -0.2) is 39.3 Å². The summed E-state index contributed by atoms with van der Waals surface area (Å²) in [4.78, 5) is 2.18. The second kappa shape index (κ2) is 6.08. The Balaban J connectivity index is 1.80. The zero-order valence-electron chi connectivity index (χ0n) is 12.0. The van der Waals surface area contributed by atoms with Gasteiger partial charge in [0.25, 0.3) is 10.1 Å². The number of benzene rings is 2. The van der Waals surface area contributed by atoms with Crippen LogP contribution < -0.4 is 4.90 Å². The second-order valence-corrected chi connectivity index (χ2v) is 6.57. The maximum absolute atomic E-state index is 11.0. The maximum atomic E-state index is 11.0. The van der Waals surface area contributed by atoms with Gasteiger partial charge in [-0.25, -0.2) is 0 Å². The van der Waals surface area contributed by atoms with Crippen molar-refractivity contribution >= 4 is 15.8 Å².